The molecule has 2 aliphatic heterocycles. The number of nitrogens with one attached hydrogen (secondary N) is 2. The standard InChI is InChI=1S/C25H30N6O4.2BrH/c1-14(32)21(30-23(33)19(27)8-4-5-11-26)24(34)28-16-9-10-20-15(12-16)13-31-22(29-20)17-6-2-3-7-18(17)25(31)35;;/h2-3,6-7,9-10,12,14,19,21,32H,4-5,8,11,13,26-27H2,1H3,(H,28,34)(H,30,33);2*1H/t14?,19-,21+;;/m0../s1. The molecule has 0 saturated carbocycles. The average molecular weight is 640 g/mol. The molecule has 0 bridgehead atoms. The van der Waals surface area contributed by atoms with Crippen LogP contribution in [0.15, 0.2) is 47.5 Å². The second-order valence-electron chi connectivity index (χ2n) is 8.82. The van der Waals surface area contributed by atoms with Crippen molar-refractivity contribution in [3.05, 3.63) is 59.2 Å². The fraction of sp³-hybridized carbons (Fsp3) is 0.360. The minimum Gasteiger partial charge on any atom is -0.391 e. The summed E-state index contributed by atoms with van der Waals surface area (Å²) in [4.78, 5) is 44.4. The van der Waals surface area contributed by atoms with E-state index in [1.54, 1.807) is 29.2 Å². The van der Waals surface area contributed by atoms with Crippen molar-refractivity contribution in [3.8, 4) is 0 Å². The van der Waals surface area contributed by atoms with Crippen molar-refractivity contribution >= 4 is 68.9 Å². The fourth-order valence-electron chi connectivity index (χ4n) is 4.23. The zero-order chi connectivity index (χ0) is 25.1. The molecule has 3 amide bonds. The highest BCUT2D eigenvalue weighted by Crippen LogP contribution is 2.35. The van der Waals surface area contributed by atoms with Gasteiger partial charge in [0.1, 0.15) is 11.9 Å². The Balaban J connectivity index is 0.00000241. The van der Waals surface area contributed by atoms with E-state index in [4.69, 9.17) is 11.5 Å². The third-order valence-electron chi connectivity index (χ3n) is 6.17. The highest BCUT2D eigenvalue weighted by molar-refractivity contribution is 8.93. The fourth-order valence-corrected chi connectivity index (χ4v) is 4.23. The van der Waals surface area contributed by atoms with Gasteiger partial charge in [0.2, 0.25) is 11.8 Å². The monoisotopic (exact) mass is 638 g/mol. The predicted octanol–water partition coefficient (Wildman–Crippen LogP) is 2.15. The van der Waals surface area contributed by atoms with Crippen LogP contribution in [0, 0.1) is 0 Å². The third kappa shape index (κ3) is 6.63. The van der Waals surface area contributed by atoms with Crippen molar-refractivity contribution in [1.29, 1.82) is 0 Å². The van der Waals surface area contributed by atoms with Gasteiger partial charge in [0.05, 0.1) is 29.9 Å². The molecule has 2 aliphatic rings. The van der Waals surface area contributed by atoms with Gasteiger partial charge in [0.25, 0.3) is 5.91 Å². The molecule has 10 nitrogen and oxygen atoms in total. The van der Waals surface area contributed by atoms with E-state index >= 15 is 0 Å². The van der Waals surface area contributed by atoms with Gasteiger partial charge in [0, 0.05) is 11.3 Å². The van der Waals surface area contributed by atoms with E-state index in [1.165, 1.54) is 6.92 Å². The van der Waals surface area contributed by atoms with Crippen LogP contribution < -0.4 is 22.1 Å². The van der Waals surface area contributed by atoms with Gasteiger partial charge in [-0.3, -0.25) is 19.3 Å². The number of carbonyl (C=O) groups excluding carboxylic acids is 3. The SMILES string of the molecule is Br.Br.CC(O)[C@@H](NC(=O)[C@@H](N)CCCCN)C(=O)Nc1ccc2c(c1)CN1C(=O)c3ccccc3C1=N2. The number of nitrogens with two attached hydrogens (primary N) is 2. The van der Waals surface area contributed by atoms with Crippen molar-refractivity contribution in [2.75, 3.05) is 11.9 Å². The van der Waals surface area contributed by atoms with Crippen molar-refractivity contribution in [2.45, 2.75) is 50.9 Å². The minimum absolute atomic E-state index is 0. The van der Waals surface area contributed by atoms with Gasteiger partial charge < -0.3 is 27.2 Å². The first-order valence-corrected chi connectivity index (χ1v) is 11.7. The summed E-state index contributed by atoms with van der Waals surface area (Å²) in [6.07, 6.45) is 0.741. The van der Waals surface area contributed by atoms with Crippen LogP contribution in [-0.4, -0.2) is 58.3 Å². The number of unbranched alkanes of at least 4 members (excludes halogenated alkanes) is 1. The Morgan fingerprint density at radius 3 is 2.49 bits per heavy atom. The van der Waals surface area contributed by atoms with Gasteiger partial charge >= 0.3 is 0 Å². The molecule has 4 rings (SSSR count). The Morgan fingerprint density at radius 1 is 1.11 bits per heavy atom. The number of fused-ring (bicyclic) bond motifs is 4. The van der Waals surface area contributed by atoms with Crippen LogP contribution in [0.3, 0.4) is 0 Å². The van der Waals surface area contributed by atoms with E-state index in [0.717, 1.165) is 17.5 Å². The van der Waals surface area contributed by atoms with Gasteiger partial charge in [0.15, 0.2) is 0 Å². The lowest BCUT2D eigenvalue weighted by atomic mass is 10.1. The summed E-state index contributed by atoms with van der Waals surface area (Å²) in [5.74, 6) is -0.580. The second kappa shape index (κ2) is 13.2. The molecule has 7 N–H and O–H groups in total. The Hall–Kier alpha value is -2.64. The van der Waals surface area contributed by atoms with Gasteiger partial charge in [-0.25, -0.2) is 4.99 Å². The van der Waals surface area contributed by atoms with Crippen molar-refractivity contribution in [1.82, 2.24) is 10.2 Å². The van der Waals surface area contributed by atoms with E-state index in [0.29, 0.717) is 48.7 Å². The largest absolute Gasteiger partial charge is 0.391 e. The Bertz CT molecular complexity index is 1190. The maximum Gasteiger partial charge on any atom is 0.260 e. The number of aliphatic hydroxyl groups excluding tert-OH is 1. The number of anilines is 1. The number of hydrogen-bond acceptors (Lipinski definition) is 7. The maximum absolute atomic E-state index is 12.9. The van der Waals surface area contributed by atoms with Gasteiger partial charge in [-0.1, -0.05) is 24.6 Å². The summed E-state index contributed by atoms with van der Waals surface area (Å²) < 4.78 is 0. The Labute approximate surface area is 236 Å². The number of amides is 3. The Kier molecular flexibility index (Phi) is 10.9. The van der Waals surface area contributed by atoms with Gasteiger partial charge in [-0.05, 0) is 56.1 Å². The van der Waals surface area contributed by atoms with Crippen molar-refractivity contribution in [2.24, 2.45) is 16.5 Å². The summed E-state index contributed by atoms with van der Waals surface area (Å²) in [7, 11) is 0. The first-order valence-electron chi connectivity index (χ1n) is 11.7. The molecule has 2 aromatic carbocycles. The molecule has 0 saturated heterocycles. The van der Waals surface area contributed by atoms with Crippen LogP contribution in [-0.2, 0) is 16.1 Å². The van der Waals surface area contributed by atoms with Crippen LogP contribution in [0.4, 0.5) is 11.4 Å². The number of carbonyl (C=O) groups is 3. The average Bonchev–Trinajstić information content (AvgIpc) is 3.12. The number of aliphatic hydroxyl groups is 1. The summed E-state index contributed by atoms with van der Waals surface area (Å²) in [6.45, 7) is 2.25. The molecular weight excluding hydrogens is 608 g/mol. The van der Waals surface area contributed by atoms with Gasteiger partial charge in [-0.15, -0.1) is 34.0 Å². The molecule has 0 aromatic heterocycles. The highest BCUT2D eigenvalue weighted by Gasteiger charge is 2.36. The lowest BCUT2D eigenvalue weighted by molar-refractivity contribution is -0.129. The summed E-state index contributed by atoms with van der Waals surface area (Å²) in [6, 6.07) is 10.6. The molecule has 0 aliphatic carbocycles. The van der Waals surface area contributed by atoms with Crippen LogP contribution in [0.2, 0.25) is 0 Å². The van der Waals surface area contributed by atoms with Crippen LogP contribution in [0.1, 0.15) is 47.7 Å². The highest BCUT2D eigenvalue weighted by atomic mass is 79.9. The molecule has 37 heavy (non-hydrogen) atoms. The van der Waals surface area contributed by atoms with E-state index in [1.807, 2.05) is 18.2 Å². The predicted molar refractivity (Wildman–Crippen MR) is 153 cm³/mol. The maximum atomic E-state index is 12.9. The lowest BCUT2D eigenvalue weighted by Crippen LogP contribution is -2.54. The number of amidine groups is 1. The molecule has 2 heterocycles. The summed E-state index contributed by atoms with van der Waals surface area (Å²) >= 11 is 0. The van der Waals surface area contributed by atoms with E-state index < -0.39 is 30.0 Å². The molecule has 0 fully saturated rings. The smallest absolute Gasteiger partial charge is 0.260 e. The lowest BCUT2D eigenvalue weighted by Gasteiger charge is -2.25. The zero-order valence-corrected chi connectivity index (χ0v) is 23.8. The minimum atomic E-state index is -1.18. The zero-order valence-electron chi connectivity index (χ0n) is 20.3. The molecule has 0 spiro atoms. The third-order valence-corrected chi connectivity index (χ3v) is 6.17. The number of rotatable bonds is 9. The molecule has 2 aromatic rings. The number of halogens is 2. The van der Waals surface area contributed by atoms with E-state index in [2.05, 4.69) is 15.6 Å². The first kappa shape index (κ1) is 30.6. The topological polar surface area (TPSA) is 163 Å². The number of aliphatic imine (C=N–C) groups is 1. The van der Waals surface area contributed by atoms with E-state index in [-0.39, 0.29) is 39.9 Å². The number of benzene rings is 2. The van der Waals surface area contributed by atoms with Crippen molar-refractivity contribution < 1.29 is 19.5 Å². The van der Waals surface area contributed by atoms with Crippen molar-refractivity contribution in [3.63, 3.8) is 0 Å². The molecular formula is C25H32Br2N6O4. The summed E-state index contributed by atoms with van der Waals surface area (Å²) in [5, 5.41) is 15.4. The van der Waals surface area contributed by atoms with Gasteiger partial charge in [-0.2, -0.15) is 0 Å². The quantitative estimate of drug-likeness (QED) is 0.264. The molecule has 200 valence electrons. The van der Waals surface area contributed by atoms with Crippen LogP contribution in [0.5, 0.6) is 0 Å². The van der Waals surface area contributed by atoms with Crippen LogP contribution in [0.25, 0.3) is 0 Å². The summed E-state index contributed by atoms with van der Waals surface area (Å²) in [5.41, 5.74) is 14.7. The van der Waals surface area contributed by atoms with Crippen LogP contribution >= 0.6 is 34.0 Å². The second-order valence-corrected chi connectivity index (χ2v) is 8.82. The molecule has 12 heteroatoms. The molecule has 0 radical (unpaired) electrons. The molecule has 3 atom stereocenters. The first-order chi connectivity index (χ1) is 16.8. The Morgan fingerprint density at radius 2 is 1.81 bits per heavy atom. The number of hydrogen-bond donors (Lipinski definition) is 5. The number of nitrogens with zero attached hydrogens (tertiary/aromatic N) is 2. The van der Waals surface area contributed by atoms with E-state index in [9.17, 15) is 19.5 Å². The molecule has 1 unspecified atom stereocenters. The normalized spacial score (nSPS) is 15.5.